The van der Waals surface area contributed by atoms with E-state index in [2.05, 4.69) is 24.1 Å². The summed E-state index contributed by atoms with van der Waals surface area (Å²) in [6.07, 6.45) is 4.31. The molecule has 1 fully saturated rings. The lowest BCUT2D eigenvalue weighted by Gasteiger charge is -2.35. The minimum absolute atomic E-state index is 0.0547. The van der Waals surface area contributed by atoms with Crippen molar-refractivity contribution < 1.29 is 19.0 Å². The molecule has 0 aliphatic carbocycles. The third kappa shape index (κ3) is 6.84. The maximum Gasteiger partial charge on any atom is 0.244 e. The predicted molar refractivity (Wildman–Crippen MR) is 112 cm³/mol. The Hall–Kier alpha value is -2.05. The van der Waals surface area contributed by atoms with E-state index >= 15 is 0 Å². The van der Waals surface area contributed by atoms with Crippen molar-refractivity contribution in [3.8, 4) is 11.5 Å². The van der Waals surface area contributed by atoms with Gasteiger partial charge in [0.25, 0.3) is 0 Å². The van der Waals surface area contributed by atoms with Crippen LogP contribution >= 0.6 is 0 Å². The number of hydrogen-bond acceptors (Lipinski definition) is 5. The molecule has 6 nitrogen and oxygen atoms in total. The van der Waals surface area contributed by atoms with E-state index in [1.807, 2.05) is 32.0 Å². The van der Waals surface area contributed by atoms with Crippen LogP contribution in [0, 0.1) is 0 Å². The van der Waals surface area contributed by atoms with Gasteiger partial charge in [0.2, 0.25) is 5.91 Å². The molecule has 28 heavy (non-hydrogen) atoms. The van der Waals surface area contributed by atoms with Crippen LogP contribution in [-0.4, -0.2) is 62.4 Å². The van der Waals surface area contributed by atoms with Crippen LogP contribution in [-0.2, 0) is 9.53 Å². The normalized spacial score (nSPS) is 17.3. The topological polar surface area (TPSA) is 60.0 Å². The Bertz CT molecular complexity index is 641. The van der Waals surface area contributed by atoms with E-state index in [1.54, 1.807) is 12.2 Å². The van der Waals surface area contributed by atoms with Crippen molar-refractivity contribution in [1.29, 1.82) is 0 Å². The number of hydrogen-bond donors (Lipinski definition) is 1. The number of carbonyl (C=O) groups is 1. The average molecular weight is 391 g/mol. The molecule has 0 saturated carbocycles. The molecule has 1 saturated heterocycles. The molecule has 1 heterocycles. The lowest BCUT2D eigenvalue weighted by molar-refractivity contribution is -0.117. The molecule has 1 aliphatic heterocycles. The number of morpholine rings is 1. The summed E-state index contributed by atoms with van der Waals surface area (Å²) >= 11 is 0. The van der Waals surface area contributed by atoms with Gasteiger partial charge in [-0.3, -0.25) is 9.69 Å². The molecule has 0 aromatic heterocycles. The van der Waals surface area contributed by atoms with Gasteiger partial charge < -0.3 is 19.5 Å². The molecule has 1 N–H and O–H groups in total. The lowest BCUT2D eigenvalue weighted by Crippen LogP contribution is -2.51. The van der Waals surface area contributed by atoms with Crippen LogP contribution in [0.2, 0.25) is 0 Å². The van der Waals surface area contributed by atoms with Gasteiger partial charge in [0.15, 0.2) is 11.5 Å². The highest BCUT2D eigenvalue weighted by Crippen LogP contribution is 2.29. The highest BCUT2D eigenvalue weighted by atomic mass is 16.5. The van der Waals surface area contributed by atoms with Gasteiger partial charge in [0.1, 0.15) is 0 Å². The van der Waals surface area contributed by atoms with E-state index in [0.29, 0.717) is 19.0 Å². The number of nitrogens with one attached hydrogen (secondary N) is 1. The Kier molecular flexibility index (Phi) is 9.31. The summed E-state index contributed by atoms with van der Waals surface area (Å²) in [7, 11) is 0. The fourth-order valence-electron chi connectivity index (χ4n) is 3.09. The summed E-state index contributed by atoms with van der Waals surface area (Å²) in [4.78, 5) is 14.7. The molecule has 0 radical (unpaired) electrons. The van der Waals surface area contributed by atoms with Crippen LogP contribution in [0.1, 0.15) is 39.7 Å². The van der Waals surface area contributed by atoms with Crippen LogP contribution in [0.4, 0.5) is 0 Å². The lowest BCUT2D eigenvalue weighted by atomic mass is 10.1. The molecular weight excluding hydrogens is 356 g/mol. The van der Waals surface area contributed by atoms with Crippen LogP contribution in [0.15, 0.2) is 24.3 Å². The number of ether oxygens (including phenoxy) is 3. The van der Waals surface area contributed by atoms with E-state index in [0.717, 1.165) is 44.0 Å². The van der Waals surface area contributed by atoms with E-state index in [-0.39, 0.29) is 18.0 Å². The van der Waals surface area contributed by atoms with Crippen LogP contribution in [0.5, 0.6) is 11.5 Å². The number of benzene rings is 1. The Balaban J connectivity index is 1.93. The van der Waals surface area contributed by atoms with Crippen molar-refractivity contribution in [1.82, 2.24) is 10.2 Å². The van der Waals surface area contributed by atoms with Gasteiger partial charge in [-0.1, -0.05) is 13.0 Å². The summed E-state index contributed by atoms with van der Waals surface area (Å²) in [5.74, 6) is 1.34. The molecule has 1 aromatic rings. The van der Waals surface area contributed by atoms with Crippen molar-refractivity contribution >= 4 is 12.0 Å². The first-order valence-electron chi connectivity index (χ1n) is 10.2. The molecule has 2 unspecified atom stereocenters. The minimum Gasteiger partial charge on any atom is -0.490 e. The third-order valence-electron chi connectivity index (χ3n) is 4.87. The first-order valence-corrected chi connectivity index (χ1v) is 10.2. The van der Waals surface area contributed by atoms with Crippen LogP contribution < -0.4 is 14.8 Å². The predicted octanol–water partition coefficient (Wildman–Crippen LogP) is 3.11. The molecule has 2 rings (SSSR count). The second kappa shape index (κ2) is 11.7. The van der Waals surface area contributed by atoms with Gasteiger partial charge in [-0.25, -0.2) is 0 Å². The Labute approximate surface area is 168 Å². The monoisotopic (exact) mass is 390 g/mol. The largest absolute Gasteiger partial charge is 0.490 e. The standard InChI is InChI=1S/C22H34N2O4/c1-5-13-28-20-9-7-19(16-21(20)27-6-2)8-10-22(25)23-17(3)18(4)24-11-14-26-15-12-24/h7-10,16-18H,5-6,11-15H2,1-4H3,(H,23,25). The average Bonchev–Trinajstić information content (AvgIpc) is 2.71. The smallest absolute Gasteiger partial charge is 0.244 e. The SMILES string of the molecule is CCCOc1ccc(C=CC(=O)NC(C)C(C)N2CCOCC2)cc1OCC. The fraction of sp³-hybridized carbons (Fsp3) is 0.591. The zero-order chi connectivity index (χ0) is 20.4. The van der Waals surface area contributed by atoms with Crippen LogP contribution in [0.25, 0.3) is 6.08 Å². The second-order valence-corrected chi connectivity index (χ2v) is 7.01. The summed E-state index contributed by atoms with van der Waals surface area (Å²) in [5, 5.41) is 3.06. The molecule has 6 heteroatoms. The van der Waals surface area contributed by atoms with Crippen molar-refractivity contribution in [2.75, 3.05) is 39.5 Å². The van der Waals surface area contributed by atoms with Crippen molar-refractivity contribution in [2.45, 2.75) is 46.2 Å². The summed E-state index contributed by atoms with van der Waals surface area (Å²) < 4.78 is 16.8. The van der Waals surface area contributed by atoms with Crippen molar-refractivity contribution in [3.05, 3.63) is 29.8 Å². The van der Waals surface area contributed by atoms with Gasteiger partial charge >= 0.3 is 0 Å². The second-order valence-electron chi connectivity index (χ2n) is 7.01. The Morgan fingerprint density at radius 2 is 1.96 bits per heavy atom. The number of carbonyl (C=O) groups excluding carboxylic acids is 1. The summed E-state index contributed by atoms with van der Waals surface area (Å²) in [6, 6.07) is 6.04. The molecule has 156 valence electrons. The zero-order valence-electron chi connectivity index (χ0n) is 17.6. The maximum atomic E-state index is 12.3. The quantitative estimate of drug-likeness (QED) is 0.622. The molecule has 0 spiro atoms. The van der Waals surface area contributed by atoms with Gasteiger partial charge in [-0.15, -0.1) is 0 Å². The summed E-state index contributed by atoms with van der Waals surface area (Å²) in [6.45, 7) is 12.7. The molecular formula is C22H34N2O4. The highest BCUT2D eigenvalue weighted by molar-refractivity contribution is 5.92. The first-order chi connectivity index (χ1) is 13.5. The summed E-state index contributed by atoms with van der Waals surface area (Å²) in [5.41, 5.74) is 0.899. The first kappa shape index (κ1) is 22.2. The highest BCUT2D eigenvalue weighted by Gasteiger charge is 2.22. The van der Waals surface area contributed by atoms with E-state index < -0.39 is 0 Å². The van der Waals surface area contributed by atoms with E-state index in [4.69, 9.17) is 14.2 Å². The molecule has 0 bridgehead atoms. The van der Waals surface area contributed by atoms with Gasteiger partial charge in [-0.05, 0) is 51.0 Å². The zero-order valence-corrected chi connectivity index (χ0v) is 17.6. The van der Waals surface area contributed by atoms with E-state index in [1.165, 1.54) is 0 Å². The molecule has 1 aromatic carbocycles. The van der Waals surface area contributed by atoms with Crippen molar-refractivity contribution in [2.24, 2.45) is 0 Å². The molecule has 1 amide bonds. The Morgan fingerprint density at radius 3 is 2.64 bits per heavy atom. The maximum absolute atomic E-state index is 12.3. The number of nitrogens with zero attached hydrogens (tertiary/aromatic N) is 1. The Morgan fingerprint density at radius 1 is 1.21 bits per heavy atom. The number of rotatable bonds is 10. The van der Waals surface area contributed by atoms with E-state index in [9.17, 15) is 4.79 Å². The number of amides is 1. The molecule has 1 aliphatic rings. The van der Waals surface area contributed by atoms with Gasteiger partial charge in [0.05, 0.1) is 26.4 Å². The minimum atomic E-state index is -0.100. The van der Waals surface area contributed by atoms with Gasteiger partial charge in [0, 0.05) is 31.2 Å². The van der Waals surface area contributed by atoms with Crippen LogP contribution in [0.3, 0.4) is 0 Å². The van der Waals surface area contributed by atoms with Gasteiger partial charge in [-0.2, -0.15) is 0 Å². The fourth-order valence-corrected chi connectivity index (χ4v) is 3.09. The molecule has 2 atom stereocenters. The van der Waals surface area contributed by atoms with Crippen molar-refractivity contribution in [3.63, 3.8) is 0 Å². The third-order valence-corrected chi connectivity index (χ3v) is 4.87.